The van der Waals surface area contributed by atoms with Crippen molar-refractivity contribution in [1.82, 2.24) is 0 Å². The Balaban J connectivity index is 4.45. The number of ether oxygens (including phenoxy) is 3. The van der Waals surface area contributed by atoms with Gasteiger partial charge in [-0.05, 0) is 122 Å². The number of phosphoric acid groups is 2. The molecule has 0 aromatic carbocycles. The smallest absolute Gasteiger partial charge is 0.463 e. The van der Waals surface area contributed by atoms with Crippen molar-refractivity contribution in [2.45, 2.75) is 347 Å². The van der Waals surface area contributed by atoms with Crippen LogP contribution >= 0.6 is 15.6 Å². The van der Waals surface area contributed by atoms with E-state index in [9.17, 15) is 43.5 Å². The molecular weight excluding hydrogens is 1270 g/mol. The summed E-state index contributed by atoms with van der Waals surface area (Å²) < 4.78 is 61.0. The van der Waals surface area contributed by atoms with Gasteiger partial charge in [0, 0.05) is 19.3 Å². The van der Waals surface area contributed by atoms with E-state index in [1.165, 1.54) is 128 Å². The van der Waals surface area contributed by atoms with E-state index in [1.54, 1.807) is 0 Å². The van der Waals surface area contributed by atoms with Crippen LogP contribution in [0.3, 0.4) is 0 Å². The second kappa shape index (κ2) is 72.3. The van der Waals surface area contributed by atoms with Crippen LogP contribution in [-0.2, 0) is 55.8 Å². The Morgan fingerprint density at radius 2 is 0.546 bits per heavy atom. The van der Waals surface area contributed by atoms with Gasteiger partial charge in [-0.2, -0.15) is 0 Å². The van der Waals surface area contributed by atoms with Crippen LogP contribution in [0.15, 0.2) is 97.2 Å². The normalized spacial score (nSPS) is 14.6. The van der Waals surface area contributed by atoms with Gasteiger partial charge in [-0.15, -0.1) is 0 Å². The van der Waals surface area contributed by atoms with Gasteiger partial charge in [0.15, 0.2) is 6.10 Å². The number of aliphatic hydroxyl groups is 2. The molecule has 97 heavy (non-hydrogen) atoms. The van der Waals surface area contributed by atoms with Gasteiger partial charge in [0.25, 0.3) is 0 Å². The van der Waals surface area contributed by atoms with Crippen molar-refractivity contribution in [1.29, 1.82) is 0 Å². The number of phosphoric ester groups is 2. The first-order valence-electron chi connectivity index (χ1n) is 38.5. The van der Waals surface area contributed by atoms with Gasteiger partial charge in [0.2, 0.25) is 0 Å². The van der Waals surface area contributed by atoms with Crippen molar-refractivity contribution in [2.24, 2.45) is 0 Å². The molecule has 4 N–H and O–H groups in total. The van der Waals surface area contributed by atoms with Crippen molar-refractivity contribution in [2.75, 3.05) is 39.6 Å². The number of unbranched alkanes of at least 4 members (excludes halogenated alkanes) is 34. The van der Waals surface area contributed by atoms with Crippen LogP contribution in [0.2, 0.25) is 0 Å². The lowest BCUT2D eigenvalue weighted by Crippen LogP contribution is -2.30. The predicted molar refractivity (Wildman–Crippen MR) is 399 cm³/mol. The molecule has 16 nitrogen and oxygen atoms in total. The number of carbonyl (C=O) groups is 3. The van der Waals surface area contributed by atoms with Gasteiger partial charge in [0.05, 0.1) is 26.4 Å². The fourth-order valence-electron chi connectivity index (χ4n) is 10.4. The fraction of sp³-hybridized carbons (Fsp3) is 0.759. The van der Waals surface area contributed by atoms with Crippen molar-refractivity contribution >= 4 is 33.6 Å². The van der Waals surface area contributed by atoms with E-state index < -0.39 is 91.5 Å². The van der Waals surface area contributed by atoms with Gasteiger partial charge < -0.3 is 34.2 Å². The van der Waals surface area contributed by atoms with Crippen LogP contribution in [0, 0.1) is 0 Å². The van der Waals surface area contributed by atoms with E-state index in [1.807, 2.05) is 0 Å². The largest absolute Gasteiger partial charge is 0.472 e. The molecule has 18 heteroatoms. The predicted octanol–water partition coefficient (Wildman–Crippen LogP) is 22.2. The molecule has 0 aliphatic carbocycles. The summed E-state index contributed by atoms with van der Waals surface area (Å²) in [6.45, 7) is 2.56. The highest BCUT2D eigenvalue weighted by atomic mass is 31.2. The Labute approximate surface area is 590 Å². The van der Waals surface area contributed by atoms with Crippen LogP contribution in [0.1, 0.15) is 329 Å². The monoisotopic (exact) mass is 1410 g/mol. The summed E-state index contributed by atoms with van der Waals surface area (Å²) in [6.07, 6.45) is 81.8. The molecule has 0 radical (unpaired) electrons. The van der Waals surface area contributed by atoms with Gasteiger partial charge in [-0.3, -0.25) is 32.5 Å². The summed E-state index contributed by atoms with van der Waals surface area (Å²) in [6, 6.07) is 0. The number of carbonyl (C=O) groups excluding carboxylic acids is 3. The van der Waals surface area contributed by atoms with E-state index in [-0.39, 0.29) is 19.3 Å². The molecule has 0 amide bonds. The summed E-state index contributed by atoms with van der Waals surface area (Å²) in [7, 11) is -9.78. The van der Waals surface area contributed by atoms with Crippen LogP contribution in [0.25, 0.3) is 0 Å². The molecule has 0 aliphatic heterocycles. The topological polar surface area (TPSA) is 231 Å². The van der Waals surface area contributed by atoms with Crippen LogP contribution in [-0.4, -0.2) is 95.9 Å². The van der Waals surface area contributed by atoms with Crippen molar-refractivity contribution in [3.63, 3.8) is 0 Å². The molecule has 0 aromatic rings. The Bertz CT molecular complexity index is 2150. The number of hydrogen-bond donors (Lipinski definition) is 4. The van der Waals surface area contributed by atoms with Crippen molar-refractivity contribution in [3.8, 4) is 0 Å². The molecule has 0 spiro atoms. The lowest BCUT2D eigenvalue weighted by molar-refractivity contribution is -0.161. The summed E-state index contributed by atoms with van der Waals surface area (Å²) in [5.74, 6) is -1.58. The number of aliphatic hydroxyl groups excluding tert-OH is 2. The number of esters is 3. The minimum absolute atomic E-state index is 0.0953. The van der Waals surface area contributed by atoms with E-state index in [0.717, 1.165) is 141 Å². The van der Waals surface area contributed by atoms with Gasteiger partial charge in [-0.25, -0.2) is 9.13 Å². The van der Waals surface area contributed by atoms with Crippen LogP contribution in [0.4, 0.5) is 0 Å². The maximum absolute atomic E-state index is 12.9. The van der Waals surface area contributed by atoms with E-state index in [2.05, 4.69) is 118 Å². The Morgan fingerprint density at radius 3 is 0.876 bits per heavy atom. The molecule has 0 bridgehead atoms. The highest BCUT2D eigenvalue weighted by molar-refractivity contribution is 7.47. The number of rotatable bonds is 73. The molecule has 5 atom stereocenters. The standard InChI is InChI=1S/C79H140O16P2/c1-4-7-10-13-16-19-22-25-28-29-30-31-32-33-34-35-36-37-38-39-40-41-42-43-46-48-50-53-56-59-62-65-77(82)89-68-74(80)69-91-96(85,86)92-70-75(81)71-93-97(87,88)94-73-76(95-79(84)67-64-61-58-55-52-49-45-27-24-21-18-15-12-9-6-3)72-90-78(83)66-63-60-57-54-51-47-44-26-23-20-17-14-11-8-5-2/h7,10,16,19,25-28,30-31,33-34,36-37,44-45,74-76,80-81H,4-6,8-9,11-15,17-18,20-24,29,32,35,38-43,46-73H2,1-3H3,(H,85,86)(H,87,88)/b10-7-,19-16-,28-25-,31-30-,34-33-,37-36-,44-26-,45-27-. The van der Waals surface area contributed by atoms with Crippen molar-refractivity contribution < 1.29 is 75.8 Å². The first-order valence-corrected chi connectivity index (χ1v) is 41.5. The molecule has 0 aliphatic rings. The lowest BCUT2D eigenvalue weighted by atomic mass is 10.0. The Hall–Kier alpha value is -3.53. The minimum Gasteiger partial charge on any atom is -0.463 e. The molecule has 0 rings (SSSR count). The maximum Gasteiger partial charge on any atom is 0.472 e. The summed E-state index contributed by atoms with van der Waals surface area (Å²) in [5, 5.41) is 20.6. The van der Waals surface area contributed by atoms with Gasteiger partial charge >= 0.3 is 33.6 Å². The summed E-state index contributed by atoms with van der Waals surface area (Å²) in [4.78, 5) is 58.5. The Kier molecular flexibility index (Phi) is 69.6. The van der Waals surface area contributed by atoms with Crippen molar-refractivity contribution in [3.05, 3.63) is 97.2 Å². The van der Waals surface area contributed by atoms with Gasteiger partial charge in [0.1, 0.15) is 25.4 Å². The molecule has 0 saturated heterocycles. The zero-order chi connectivity index (χ0) is 70.9. The second-order valence-corrected chi connectivity index (χ2v) is 28.7. The summed E-state index contributed by atoms with van der Waals surface area (Å²) in [5.41, 5.74) is 0. The maximum atomic E-state index is 12.9. The first kappa shape index (κ1) is 93.5. The van der Waals surface area contributed by atoms with Crippen LogP contribution < -0.4 is 0 Å². The molecule has 0 saturated carbocycles. The third-order valence-corrected chi connectivity index (χ3v) is 18.2. The zero-order valence-electron chi connectivity index (χ0n) is 61.2. The quantitative estimate of drug-likeness (QED) is 0.0146. The van der Waals surface area contributed by atoms with Gasteiger partial charge in [-0.1, -0.05) is 285 Å². The molecule has 5 unspecified atom stereocenters. The zero-order valence-corrected chi connectivity index (χ0v) is 63.0. The highest BCUT2D eigenvalue weighted by Gasteiger charge is 2.29. The molecule has 0 aromatic heterocycles. The fourth-order valence-corrected chi connectivity index (χ4v) is 12.0. The average Bonchev–Trinajstić information content (AvgIpc) is 1.84. The van der Waals surface area contributed by atoms with E-state index in [0.29, 0.717) is 19.3 Å². The Morgan fingerprint density at radius 1 is 0.299 bits per heavy atom. The highest BCUT2D eigenvalue weighted by Crippen LogP contribution is 2.45. The minimum atomic E-state index is -4.93. The first-order chi connectivity index (χ1) is 47.2. The van der Waals surface area contributed by atoms with E-state index in [4.69, 9.17) is 32.3 Å². The summed E-state index contributed by atoms with van der Waals surface area (Å²) >= 11 is 0. The molecule has 562 valence electrons. The SMILES string of the molecule is CC/C=C\C/C=C\C/C=C\C/C=C\C/C=C\C/C=C\CCCCCCCCCCCCCCC(=O)OCC(O)COP(=O)(O)OCC(O)COP(=O)(O)OCC(COC(=O)CCCCCCC/C=C\CCCCCCCC)OC(=O)CCCCCCC/C=C\CCCCCCCC. The second-order valence-electron chi connectivity index (χ2n) is 25.8. The molecule has 0 fully saturated rings. The molecule has 0 heterocycles. The van der Waals surface area contributed by atoms with Crippen LogP contribution in [0.5, 0.6) is 0 Å². The molecular formula is C79H140O16P2. The third kappa shape index (κ3) is 73.5. The lowest BCUT2D eigenvalue weighted by Gasteiger charge is -2.21. The van der Waals surface area contributed by atoms with E-state index >= 15 is 0 Å². The number of allylic oxidation sites excluding steroid dienone is 16. The third-order valence-electron chi connectivity index (χ3n) is 16.3. The number of hydrogen-bond acceptors (Lipinski definition) is 14. The average molecular weight is 1410 g/mol.